The molecule has 1 fully saturated rings. The van der Waals surface area contributed by atoms with Crippen molar-refractivity contribution >= 4 is 34.2 Å². The molecule has 1 rings (SSSR count). The molecular weight excluding hydrogens is 262 g/mol. The van der Waals surface area contributed by atoms with Crippen LogP contribution in [-0.2, 0) is 4.79 Å². The molecule has 0 radical (unpaired) electrons. The predicted octanol–water partition coefficient (Wildman–Crippen LogP) is 3.73. The number of thiol groups is 1. The molecule has 0 aromatic heterocycles. The summed E-state index contributed by atoms with van der Waals surface area (Å²) in [7, 11) is -2.99. The topological polar surface area (TPSA) is 20.3 Å². The average molecular weight is 290 g/mol. The maximum absolute atomic E-state index is 12.2. The van der Waals surface area contributed by atoms with E-state index in [2.05, 4.69) is 56.1 Å². The second kappa shape index (κ2) is 4.83. The van der Waals surface area contributed by atoms with Crippen molar-refractivity contribution in [2.24, 2.45) is 0 Å². The standard InChI is InChI=1S/C12H27NOSSi2/c1-16(2,3)13(17(4,5)6)12(11(14)15)9-7-8-10-12/h7-10H2,1-6H3,(H,14,15). The highest BCUT2D eigenvalue weighted by atomic mass is 32.1. The minimum Gasteiger partial charge on any atom is -0.334 e. The highest BCUT2D eigenvalue weighted by Gasteiger charge is 2.52. The van der Waals surface area contributed by atoms with E-state index in [1.807, 2.05) is 0 Å². The van der Waals surface area contributed by atoms with Crippen LogP contribution >= 0.6 is 12.6 Å². The lowest BCUT2D eigenvalue weighted by Gasteiger charge is -2.53. The van der Waals surface area contributed by atoms with Crippen LogP contribution in [0.5, 0.6) is 0 Å². The molecule has 1 aliphatic rings. The Bertz CT molecular complexity index is 287. The van der Waals surface area contributed by atoms with Gasteiger partial charge in [0.25, 0.3) is 0 Å². The van der Waals surface area contributed by atoms with Crippen molar-refractivity contribution in [1.82, 2.24) is 4.23 Å². The molecule has 17 heavy (non-hydrogen) atoms. The van der Waals surface area contributed by atoms with E-state index in [1.165, 1.54) is 12.8 Å². The quantitative estimate of drug-likeness (QED) is 0.629. The second-order valence-electron chi connectivity index (χ2n) is 7.22. The molecule has 100 valence electrons. The first-order valence-corrected chi connectivity index (χ1v) is 13.9. The molecular formula is C12H27NOSSi2. The molecule has 0 aliphatic heterocycles. The van der Waals surface area contributed by atoms with Gasteiger partial charge in [-0.3, -0.25) is 4.79 Å². The van der Waals surface area contributed by atoms with Crippen molar-refractivity contribution in [3.63, 3.8) is 0 Å². The Labute approximate surface area is 114 Å². The fourth-order valence-corrected chi connectivity index (χ4v) is 15.6. The molecule has 0 aromatic rings. The van der Waals surface area contributed by atoms with Gasteiger partial charge in [-0.15, -0.1) is 12.6 Å². The zero-order valence-corrected chi connectivity index (χ0v) is 15.0. The van der Waals surface area contributed by atoms with E-state index in [0.29, 0.717) is 0 Å². The summed E-state index contributed by atoms with van der Waals surface area (Å²) in [6, 6.07) is 0. The van der Waals surface area contributed by atoms with Crippen LogP contribution in [0.3, 0.4) is 0 Å². The van der Waals surface area contributed by atoms with Crippen LogP contribution in [0.4, 0.5) is 0 Å². The molecule has 1 aliphatic carbocycles. The van der Waals surface area contributed by atoms with Gasteiger partial charge in [0.05, 0.1) is 5.54 Å². The summed E-state index contributed by atoms with van der Waals surface area (Å²) in [6.07, 6.45) is 4.39. The fourth-order valence-electron chi connectivity index (χ4n) is 3.78. The lowest BCUT2D eigenvalue weighted by Crippen LogP contribution is -2.70. The van der Waals surface area contributed by atoms with Gasteiger partial charge in [0, 0.05) is 0 Å². The van der Waals surface area contributed by atoms with Crippen molar-refractivity contribution < 1.29 is 4.79 Å². The van der Waals surface area contributed by atoms with Gasteiger partial charge in [0.2, 0.25) is 5.12 Å². The highest BCUT2D eigenvalue weighted by molar-refractivity contribution is 7.96. The Hall–Kier alpha value is 0.414. The van der Waals surface area contributed by atoms with Crippen LogP contribution in [0.25, 0.3) is 0 Å². The van der Waals surface area contributed by atoms with Gasteiger partial charge in [-0.05, 0) is 12.8 Å². The number of carbonyl (C=O) groups is 1. The van der Waals surface area contributed by atoms with E-state index in [0.717, 1.165) is 12.8 Å². The minimum atomic E-state index is -1.50. The van der Waals surface area contributed by atoms with Crippen molar-refractivity contribution in [2.75, 3.05) is 0 Å². The maximum Gasteiger partial charge on any atom is 0.204 e. The predicted molar refractivity (Wildman–Crippen MR) is 83.7 cm³/mol. The summed E-state index contributed by atoms with van der Waals surface area (Å²) in [5.74, 6) is 0. The zero-order valence-electron chi connectivity index (χ0n) is 12.1. The summed E-state index contributed by atoms with van der Waals surface area (Å²) in [4.78, 5) is 12.2. The largest absolute Gasteiger partial charge is 0.334 e. The molecule has 1 saturated carbocycles. The molecule has 0 saturated heterocycles. The normalized spacial score (nSPS) is 20.9. The van der Waals surface area contributed by atoms with Crippen LogP contribution in [0.15, 0.2) is 0 Å². The van der Waals surface area contributed by atoms with Crippen LogP contribution in [0, 0.1) is 0 Å². The smallest absolute Gasteiger partial charge is 0.204 e. The van der Waals surface area contributed by atoms with E-state index in [1.54, 1.807) is 0 Å². The Morgan fingerprint density at radius 1 is 1.00 bits per heavy atom. The first-order chi connectivity index (χ1) is 7.52. The van der Waals surface area contributed by atoms with E-state index in [9.17, 15) is 4.79 Å². The van der Waals surface area contributed by atoms with Gasteiger partial charge in [-0.2, -0.15) is 0 Å². The van der Waals surface area contributed by atoms with E-state index < -0.39 is 16.5 Å². The number of rotatable bonds is 4. The van der Waals surface area contributed by atoms with Crippen LogP contribution < -0.4 is 0 Å². The van der Waals surface area contributed by atoms with Gasteiger partial charge in [-0.1, -0.05) is 52.1 Å². The summed E-state index contributed by atoms with van der Waals surface area (Å²) in [6.45, 7) is 14.2. The SMILES string of the molecule is C[Si](C)(C)N(C1(C(=O)S)CCCC1)[Si](C)(C)C. The molecule has 0 unspecified atom stereocenters. The second-order valence-corrected chi connectivity index (χ2v) is 17.7. The number of nitrogens with zero attached hydrogens (tertiary/aromatic N) is 1. The first kappa shape index (κ1) is 15.5. The van der Waals surface area contributed by atoms with E-state index in [4.69, 9.17) is 0 Å². The Morgan fingerprint density at radius 3 is 1.59 bits per heavy atom. The molecule has 0 N–H and O–H groups in total. The molecule has 0 amide bonds. The van der Waals surface area contributed by atoms with Crippen LogP contribution in [0.1, 0.15) is 25.7 Å². The van der Waals surface area contributed by atoms with Crippen LogP contribution in [0.2, 0.25) is 39.3 Å². The number of hydrogen-bond acceptors (Lipinski definition) is 2. The van der Waals surface area contributed by atoms with Gasteiger partial charge in [0.1, 0.15) is 16.5 Å². The first-order valence-electron chi connectivity index (χ1n) is 6.56. The molecule has 0 bridgehead atoms. The number of hydrogen-bond donors (Lipinski definition) is 1. The highest BCUT2D eigenvalue weighted by Crippen LogP contribution is 2.42. The summed E-state index contributed by atoms with van der Waals surface area (Å²) >= 11 is 4.25. The third-order valence-electron chi connectivity index (χ3n) is 3.60. The van der Waals surface area contributed by atoms with Crippen molar-refractivity contribution in [3.8, 4) is 0 Å². The molecule has 0 heterocycles. The van der Waals surface area contributed by atoms with Gasteiger partial charge in [0.15, 0.2) is 0 Å². The van der Waals surface area contributed by atoms with E-state index >= 15 is 0 Å². The monoisotopic (exact) mass is 289 g/mol. The lowest BCUT2D eigenvalue weighted by molar-refractivity contribution is -0.118. The molecule has 0 aromatic carbocycles. The average Bonchev–Trinajstić information content (AvgIpc) is 2.48. The summed E-state index contributed by atoms with van der Waals surface area (Å²) < 4.78 is 2.66. The fraction of sp³-hybridized carbons (Fsp3) is 0.917. The summed E-state index contributed by atoms with van der Waals surface area (Å²) in [5, 5.41) is 0.111. The van der Waals surface area contributed by atoms with Gasteiger partial charge in [-0.25, -0.2) is 0 Å². The Kier molecular flexibility index (Phi) is 4.40. The zero-order chi connectivity index (χ0) is 13.5. The van der Waals surface area contributed by atoms with E-state index in [-0.39, 0.29) is 10.7 Å². The Morgan fingerprint density at radius 2 is 1.35 bits per heavy atom. The van der Waals surface area contributed by atoms with Crippen molar-refractivity contribution in [2.45, 2.75) is 70.5 Å². The lowest BCUT2D eigenvalue weighted by atomic mass is 10.0. The third kappa shape index (κ3) is 3.05. The molecule has 2 nitrogen and oxygen atoms in total. The van der Waals surface area contributed by atoms with Gasteiger partial charge < -0.3 is 4.23 Å². The third-order valence-corrected chi connectivity index (χ3v) is 11.6. The molecule has 0 spiro atoms. The number of carbonyl (C=O) groups excluding carboxylic acids is 1. The van der Waals surface area contributed by atoms with Crippen molar-refractivity contribution in [3.05, 3.63) is 0 Å². The Balaban J connectivity index is 3.25. The van der Waals surface area contributed by atoms with Crippen molar-refractivity contribution in [1.29, 1.82) is 0 Å². The van der Waals surface area contributed by atoms with Crippen LogP contribution in [-0.4, -0.2) is 31.4 Å². The molecule has 5 heteroatoms. The maximum atomic E-state index is 12.2. The van der Waals surface area contributed by atoms with Gasteiger partial charge >= 0.3 is 0 Å². The minimum absolute atomic E-state index is 0.111. The summed E-state index contributed by atoms with van der Waals surface area (Å²) in [5.41, 5.74) is -0.238. The molecule has 0 atom stereocenters.